The van der Waals surface area contributed by atoms with Gasteiger partial charge >= 0.3 is 5.97 Å². The molecule has 0 aromatic heterocycles. The molecule has 1 atom stereocenters. The van der Waals surface area contributed by atoms with E-state index in [-0.39, 0.29) is 5.92 Å². The zero-order valence-electron chi connectivity index (χ0n) is 9.18. The normalized spacial score (nSPS) is 20.9. The largest absolute Gasteiger partial charge is 0.481 e. The fourth-order valence-electron chi connectivity index (χ4n) is 1.31. The Hall–Kier alpha value is -0.610. The van der Waals surface area contributed by atoms with Gasteiger partial charge in [0.05, 0.1) is 5.92 Å². The van der Waals surface area contributed by atoms with Crippen molar-refractivity contribution in [2.75, 3.05) is 26.2 Å². The molecule has 0 spiro atoms. The molecule has 1 heterocycles. The third-order valence-corrected chi connectivity index (χ3v) is 2.15. The molecule has 0 radical (unpaired) electrons. The summed E-state index contributed by atoms with van der Waals surface area (Å²) in [5.41, 5.74) is 0. The summed E-state index contributed by atoms with van der Waals surface area (Å²) < 4.78 is 0. The van der Waals surface area contributed by atoms with E-state index >= 15 is 0 Å². The van der Waals surface area contributed by atoms with Gasteiger partial charge in [-0.05, 0) is 32.5 Å². The first-order chi connectivity index (χ1) is 6.72. The van der Waals surface area contributed by atoms with Crippen molar-refractivity contribution in [1.82, 2.24) is 10.6 Å². The van der Waals surface area contributed by atoms with Crippen LogP contribution in [0, 0.1) is 5.92 Å². The summed E-state index contributed by atoms with van der Waals surface area (Å²) in [4.78, 5) is 10.3. The number of nitrogens with one attached hydrogen (secondary N) is 2. The van der Waals surface area contributed by atoms with Crippen molar-refractivity contribution < 1.29 is 9.90 Å². The van der Waals surface area contributed by atoms with E-state index in [1.54, 1.807) is 0 Å². The number of carbonyl (C=O) groups is 1. The molecular formula is C10H22N2O2. The highest BCUT2D eigenvalue weighted by Gasteiger charge is 2.18. The van der Waals surface area contributed by atoms with Crippen molar-refractivity contribution in [3.05, 3.63) is 0 Å². The van der Waals surface area contributed by atoms with Crippen LogP contribution in [0.2, 0.25) is 0 Å². The molecule has 0 aliphatic carbocycles. The maximum absolute atomic E-state index is 10.3. The highest BCUT2D eigenvalue weighted by Crippen LogP contribution is 2.08. The van der Waals surface area contributed by atoms with Crippen LogP contribution in [-0.2, 0) is 4.79 Å². The molecule has 0 aromatic rings. The molecule has 0 saturated carbocycles. The second-order valence-electron chi connectivity index (χ2n) is 3.34. The molecule has 3 N–H and O–H groups in total. The van der Waals surface area contributed by atoms with Gasteiger partial charge in [-0.3, -0.25) is 4.79 Å². The third-order valence-electron chi connectivity index (χ3n) is 2.15. The first kappa shape index (κ1) is 13.4. The van der Waals surface area contributed by atoms with Gasteiger partial charge in [0.25, 0.3) is 0 Å². The van der Waals surface area contributed by atoms with Crippen LogP contribution in [0.4, 0.5) is 0 Å². The van der Waals surface area contributed by atoms with Gasteiger partial charge in [0.2, 0.25) is 0 Å². The second-order valence-corrected chi connectivity index (χ2v) is 3.34. The number of hydrogen-bond donors (Lipinski definition) is 3. The van der Waals surface area contributed by atoms with E-state index in [0.717, 1.165) is 32.5 Å². The molecule has 14 heavy (non-hydrogen) atoms. The van der Waals surface area contributed by atoms with Gasteiger partial charge in [0, 0.05) is 6.54 Å². The Bertz CT molecular complexity index is 143. The molecule has 84 valence electrons. The van der Waals surface area contributed by atoms with Crippen LogP contribution in [0.15, 0.2) is 0 Å². The average Bonchev–Trinajstić information content (AvgIpc) is 2.21. The standard InChI is InChI=1S/C6H11NO2.C4H11N/c8-6(9)5-2-1-3-7-4-5;1-3-5-4-2/h5,7H,1-4H2,(H,8,9);5H,3-4H2,1-2H3. The molecule has 4 heteroatoms. The van der Waals surface area contributed by atoms with E-state index in [2.05, 4.69) is 24.5 Å². The van der Waals surface area contributed by atoms with Gasteiger partial charge in [0.1, 0.15) is 0 Å². The summed E-state index contributed by atoms with van der Waals surface area (Å²) in [6.45, 7) is 8.01. The van der Waals surface area contributed by atoms with Crippen LogP contribution < -0.4 is 10.6 Å². The van der Waals surface area contributed by atoms with E-state index < -0.39 is 5.97 Å². The second kappa shape index (κ2) is 8.97. The average molecular weight is 202 g/mol. The minimum absolute atomic E-state index is 0.140. The zero-order valence-corrected chi connectivity index (χ0v) is 9.18. The van der Waals surface area contributed by atoms with Gasteiger partial charge in [-0.2, -0.15) is 0 Å². The van der Waals surface area contributed by atoms with Crippen LogP contribution >= 0.6 is 0 Å². The summed E-state index contributed by atoms with van der Waals surface area (Å²) in [6, 6.07) is 0. The fraction of sp³-hybridized carbons (Fsp3) is 0.900. The Morgan fingerprint density at radius 1 is 1.50 bits per heavy atom. The summed E-state index contributed by atoms with van der Waals surface area (Å²) in [5, 5.41) is 14.6. The van der Waals surface area contributed by atoms with Crippen molar-refractivity contribution in [1.29, 1.82) is 0 Å². The van der Waals surface area contributed by atoms with Crippen LogP contribution in [0.1, 0.15) is 26.7 Å². The molecule has 1 unspecified atom stereocenters. The van der Waals surface area contributed by atoms with Crippen molar-refractivity contribution in [3.63, 3.8) is 0 Å². The number of piperidine rings is 1. The number of rotatable bonds is 3. The van der Waals surface area contributed by atoms with E-state index in [1.807, 2.05) is 0 Å². The summed E-state index contributed by atoms with van der Waals surface area (Å²) in [7, 11) is 0. The lowest BCUT2D eigenvalue weighted by molar-refractivity contribution is -0.142. The lowest BCUT2D eigenvalue weighted by Gasteiger charge is -2.18. The fourth-order valence-corrected chi connectivity index (χ4v) is 1.31. The van der Waals surface area contributed by atoms with Crippen LogP contribution in [0.5, 0.6) is 0 Å². The highest BCUT2D eigenvalue weighted by molar-refractivity contribution is 5.70. The number of hydrogen-bond acceptors (Lipinski definition) is 3. The molecule has 1 aliphatic heterocycles. The molecule has 1 aliphatic rings. The third kappa shape index (κ3) is 6.86. The van der Waals surface area contributed by atoms with Crippen molar-refractivity contribution in [2.24, 2.45) is 5.92 Å². The topological polar surface area (TPSA) is 61.4 Å². The SMILES string of the molecule is CCNCC.O=C(O)C1CCCNC1. The maximum Gasteiger partial charge on any atom is 0.307 e. The molecule has 1 fully saturated rings. The Morgan fingerprint density at radius 2 is 2.14 bits per heavy atom. The van der Waals surface area contributed by atoms with Gasteiger partial charge < -0.3 is 15.7 Å². The van der Waals surface area contributed by atoms with Crippen LogP contribution in [0.25, 0.3) is 0 Å². The van der Waals surface area contributed by atoms with Crippen molar-refractivity contribution in [3.8, 4) is 0 Å². The molecule has 1 rings (SSSR count). The Balaban J connectivity index is 0.000000292. The van der Waals surface area contributed by atoms with Gasteiger partial charge in [-0.25, -0.2) is 0 Å². The molecule has 0 amide bonds. The first-order valence-corrected chi connectivity index (χ1v) is 5.36. The minimum Gasteiger partial charge on any atom is -0.481 e. The smallest absolute Gasteiger partial charge is 0.307 e. The minimum atomic E-state index is -0.665. The van der Waals surface area contributed by atoms with Gasteiger partial charge in [-0.1, -0.05) is 13.8 Å². The van der Waals surface area contributed by atoms with Crippen LogP contribution in [0.3, 0.4) is 0 Å². The predicted octanol–water partition coefficient (Wildman–Crippen LogP) is 0.686. The summed E-state index contributed by atoms with van der Waals surface area (Å²) in [6.07, 6.45) is 1.83. The molecule has 0 bridgehead atoms. The number of carboxylic acid groups (broad SMARTS) is 1. The Morgan fingerprint density at radius 3 is 2.36 bits per heavy atom. The van der Waals surface area contributed by atoms with E-state index in [0.29, 0.717) is 6.54 Å². The van der Waals surface area contributed by atoms with Crippen molar-refractivity contribution >= 4 is 5.97 Å². The lowest BCUT2D eigenvalue weighted by Crippen LogP contribution is -2.34. The number of carboxylic acids is 1. The quantitative estimate of drug-likeness (QED) is 0.630. The Labute approximate surface area is 86.1 Å². The Kier molecular flexibility index (Phi) is 8.57. The predicted molar refractivity (Wildman–Crippen MR) is 57.4 cm³/mol. The maximum atomic E-state index is 10.3. The lowest BCUT2D eigenvalue weighted by atomic mass is 10.0. The highest BCUT2D eigenvalue weighted by atomic mass is 16.4. The van der Waals surface area contributed by atoms with Crippen LogP contribution in [-0.4, -0.2) is 37.3 Å². The van der Waals surface area contributed by atoms with E-state index in [4.69, 9.17) is 5.11 Å². The van der Waals surface area contributed by atoms with Gasteiger partial charge in [0.15, 0.2) is 0 Å². The zero-order chi connectivity index (χ0) is 10.8. The summed E-state index contributed by atoms with van der Waals surface area (Å²) >= 11 is 0. The van der Waals surface area contributed by atoms with Crippen molar-refractivity contribution in [2.45, 2.75) is 26.7 Å². The first-order valence-electron chi connectivity index (χ1n) is 5.36. The molecule has 4 nitrogen and oxygen atoms in total. The van der Waals surface area contributed by atoms with Gasteiger partial charge in [-0.15, -0.1) is 0 Å². The van der Waals surface area contributed by atoms with E-state index in [9.17, 15) is 4.79 Å². The van der Waals surface area contributed by atoms with E-state index in [1.165, 1.54) is 0 Å². The molecule has 1 saturated heterocycles. The summed E-state index contributed by atoms with van der Waals surface area (Å²) in [5.74, 6) is -0.805. The molecular weight excluding hydrogens is 180 g/mol. The number of aliphatic carboxylic acids is 1. The monoisotopic (exact) mass is 202 g/mol. The molecule has 0 aromatic carbocycles.